The van der Waals surface area contributed by atoms with Gasteiger partial charge in [-0.15, -0.1) is 11.3 Å². The molecule has 1 aliphatic rings. The van der Waals surface area contributed by atoms with Crippen molar-refractivity contribution in [2.45, 2.75) is 53.0 Å². The highest BCUT2D eigenvalue weighted by Crippen LogP contribution is 2.33. The maximum Gasteiger partial charge on any atom is 0.110 e. The molecule has 1 unspecified atom stereocenters. The minimum absolute atomic E-state index is 0.459. The van der Waals surface area contributed by atoms with E-state index in [1.807, 2.05) is 11.3 Å². The summed E-state index contributed by atoms with van der Waals surface area (Å²) >= 11 is 1.94. The van der Waals surface area contributed by atoms with Crippen LogP contribution in [0.2, 0.25) is 0 Å². The van der Waals surface area contributed by atoms with Gasteiger partial charge < -0.3 is 5.32 Å². The molecule has 1 N–H and O–H groups in total. The highest BCUT2D eigenvalue weighted by atomic mass is 32.1. The molecule has 0 spiro atoms. The van der Waals surface area contributed by atoms with Crippen molar-refractivity contribution >= 4 is 11.3 Å². The molecule has 0 aromatic carbocycles. The van der Waals surface area contributed by atoms with E-state index in [2.05, 4.69) is 44.8 Å². The van der Waals surface area contributed by atoms with Crippen molar-refractivity contribution in [1.29, 1.82) is 0 Å². The summed E-state index contributed by atoms with van der Waals surface area (Å²) in [5.74, 6) is 1.27. The number of hydrogen-bond acceptors (Lipinski definition) is 4. The molecule has 0 amide bonds. The van der Waals surface area contributed by atoms with Gasteiger partial charge in [-0.05, 0) is 25.2 Å². The molecule has 114 valence electrons. The summed E-state index contributed by atoms with van der Waals surface area (Å²) in [5.41, 5.74) is 1.34. The molecule has 1 atom stereocenters. The minimum atomic E-state index is 0.459. The standard InChI is InChI=1S/C16H29N3S/c1-11(2)10-14-15(12(3)4)20-16(18-14)13(5)19-8-6-17-7-9-19/h11-13,17H,6-10H2,1-5H3. The predicted octanol–water partition coefficient (Wildman–Crippen LogP) is 3.43. The average Bonchev–Trinajstić information content (AvgIpc) is 2.82. The van der Waals surface area contributed by atoms with E-state index >= 15 is 0 Å². The summed E-state index contributed by atoms with van der Waals surface area (Å²) in [4.78, 5) is 9.05. The van der Waals surface area contributed by atoms with Crippen LogP contribution >= 0.6 is 11.3 Å². The van der Waals surface area contributed by atoms with Gasteiger partial charge in [0.05, 0.1) is 11.7 Å². The molecular formula is C16H29N3S. The fourth-order valence-electron chi connectivity index (χ4n) is 2.77. The first-order valence-electron chi connectivity index (χ1n) is 7.93. The molecule has 4 heteroatoms. The van der Waals surface area contributed by atoms with Crippen molar-refractivity contribution in [2.75, 3.05) is 26.2 Å². The lowest BCUT2D eigenvalue weighted by Crippen LogP contribution is -2.44. The molecule has 1 aliphatic heterocycles. The van der Waals surface area contributed by atoms with E-state index in [-0.39, 0.29) is 0 Å². The van der Waals surface area contributed by atoms with E-state index in [0.29, 0.717) is 17.9 Å². The van der Waals surface area contributed by atoms with Gasteiger partial charge in [0.15, 0.2) is 0 Å². The zero-order chi connectivity index (χ0) is 14.7. The van der Waals surface area contributed by atoms with Crippen LogP contribution in [-0.4, -0.2) is 36.1 Å². The van der Waals surface area contributed by atoms with Gasteiger partial charge in [0.2, 0.25) is 0 Å². The van der Waals surface area contributed by atoms with E-state index in [1.165, 1.54) is 15.6 Å². The maximum atomic E-state index is 5.00. The topological polar surface area (TPSA) is 28.2 Å². The Labute approximate surface area is 127 Å². The Morgan fingerprint density at radius 1 is 1.15 bits per heavy atom. The van der Waals surface area contributed by atoms with Crippen LogP contribution in [0.5, 0.6) is 0 Å². The minimum Gasteiger partial charge on any atom is -0.314 e. The van der Waals surface area contributed by atoms with Gasteiger partial charge in [-0.3, -0.25) is 4.90 Å². The SMILES string of the molecule is CC(C)Cc1nc(C(C)N2CCNCC2)sc1C(C)C. The predicted molar refractivity (Wildman–Crippen MR) is 87.6 cm³/mol. The molecule has 1 aromatic rings. The summed E-state index contributed by atoms with van der Waals surface area (Å²) in [6.07, 6.45) is 1.11. The second-order valence-corrected chi connectivity index (χ2v) is 7.64. The number of rotatable bonds is 5. The summed E-state index contributed by atoms with van der Waals surface area (Å²) < 4.78 is 0. The fourth-order valence-corrected chi connectivity index (χ4v) is 3.95. The zero-order valence-electron chi connectivity index (χ0n) is 13.6. The Morgan fingerprint density at radius 3 is 2.35 bits per heavy atom. The van der Waals surface area contributed by atoms with Gasteiger partial charge in [-0.1, -0.05) is 27.7 Å². The number of hydrogen-bond donors (Lipinski definition) is 1. The van der Waals surface area contributed by atoms with Crippen LogP contribution in [0.25, 0.3) is 0 Å². The van der Waals surface area contributed by atoms with Crippen LogP contribution in [0.3, 0.4) is 0 Å². The van der Waals surface area contributed by atoms with Gasteiger partial charge in [-0.2, -0.15) is 0 Å². The Bertz CT molecular complexity index is 419. The highest BCUT2D eigenvalue weighted by Gasteiger charge is 2.23. The fraction of sp³-hybridized carbons (Fsp3) is 0.812. The molecule has 2 rings (SSSR count). The van der Waals surface area contributed by atoms with E-state index in [0.717, 1.165) is 32.6 Å². The Morgan fingerprint density at radius 2 is 1.80 bits per heavy atom. The van der Waals surface area contributed by atoms with E-state index in [9.17, 15) is 0 Å². The average molecular weight is 295 g/mol. The van der Waals surface area contributed by atoms with E-state index in [1.54, 1.807) is 0 Å². The van der Waals surface area contributed by atoms with Crippen LogP contribution in [0.1, 0.15) is 62.2 Å². The first-order chi connectivity index (χ1) is 9.49. The van der Waals surface area contributed by atoms with Gasteiger partial charge in [0, 0.05) is 31.1 Å². The molecule has 0 radical (unpaired) electrons. The lowest BCUT2D eigenvalue weighted by Gasteiger charge is -2.31. The maximum absolute atomic E-state index is 5.00. The second-order valence-electron chi connectivity index (χ2n) is 6.58. The second kappa shape index (κ2) is 7.01. The zero-order valence-corrected chi connectivity index (χ0v) is 14.4. The number of aromatic nitrogens is 1. The van der Waals surface area contributed by atoms with Crippen LogP contribution in [0.4, 0.5) is 0 Å². The molecule has 1 saturated heterocycles. The number of nitrogens with one attached hydrogen (secondary N) is 1. The first-order valence-corrected chi connectivity index (χ1v) is 8.75. The smallest absolute Gasteiger partial charge is 0.110 e. The van der Waals surface area contributed by atoms with Crippen molar-refractivity contribution in [3.63, 3.8) is 0 Å². The molecule has 3 nitrogen and oxygen atoms in total. The number of thiazole rings is 1. The summed E-state index contributed by atoms with van der Waals surface area (Å²) in [5, 5.41) is 4.73. The molecule has 0 bridgehead atoms. The molecule has 0 saturated carbocycles. The summed E-state index contributed by atoms with van der Waals surface area (Å²) in [6.45, 7) is 15.9. The van der Waals surface area contributed by atoms with Gasteiger partial charge in [0.1, 0.15) is 5.01 Å². The third kappa shape index (κ3) is 3.80. The van der Waals surface area contributed by atoms with E-state index in [4.69, 9.17) is 4.98 Å². The Kier molecular flexibility index (Phi) is 5.58. The molecule has 1 aromatic heterocycles. The van der Waals surface area contributed by atoms with E-state index < -0.39 is 0 Å². The quantitative estimate of drug-likeness (QED) is 0.902. The molecule has 20 heavy (non-hydrogen) atoms. The van der Waals surface area contributed by atoms with Gasteiger partial charge >= 0.3 is 0 Å². The molecule has 1 fully saturated rings. The largest absolute Gasteiger partial charge is 0.314 e. The third-order valence-electron chi connectivity index (χ3n) is 3.93. The number of piperazine rings is 1. The lowest BCUT2D eigenvalue weighted by atomic mass is 10.0. The summed E-state index contributed by atoms with van der Waals surface area (Å²) in [6, 6.07) is 0.459. The van der Waals surface area contributed by atoms with Crippen LogP contribution in [-0.2, 0) is 6.42 Å². The van der Waals surface area contributed by atoms with Crippen molar-refractivity contribution in [3.8, 4) is 0 Å². The van der Waals surface area contributed by atoms with Crippen molar-refractivity contribution in [3.05, 3.63) is 15.6 Å². The van der Waals surface area contributed by atoms with Crippen LogP contribution in [0.15, 0.2) is 0 Å². The normalized spacial score (nSPS) is 18.9. The molecule has 2 heterocycles. The monoisotopic (exact) mass is 295 g/mol. The van der Waals surface area contributed by atoms with Crippen molar-refractivity contribution in [2.24, 2.45) is 5.92 Å². The summed E-state index contributed by atoms with van der Waals surface area (Å²) in [7, 11) is 0. The van der Waals surface area contributed by atoms with Gasteiger partial charge in [-0.25, -0.2) is 4.98 Å². The lowest BCUT2D eigenvalue weighted by molar-refractivity contribution is 0.185. The highest BCUT2D eigenvalue weighted by molar-refractivity contribution is 7.11. The molecular weight excluding hydrogens is 266 g/mol. The van der Waals surface area contributed by atoms with Crippen molar-refractivity contribution in [1.82, 2.24) is 15.2 Å². The Balaban J connectivity index is 2.18. The Hall–Kier alpha value is -0.450. The first kappa shape index (κ1) is 15.9. The van der Waals surface area contributed by atoms with Crippen LogP contribution in [0, 0.1) is 5.92 Å². The van der Waals surface area contributed by atoms with Gasteiger partial charge in [0.25, 0.3) is 0 Å². The third-order valence-corrected chi connectivity index (χ3v) is 5.50. The molecule has 0 aliphatic carbocycles. The van der Waals surface area contributed by atoms with Crippen molar-refractivity contribution < 1.29 is 0 Å². The number of nitrogens with zero attached hydrogens (tertiary/aromatic N) is 2. The van der Waals surface area contributed by atoms with Crippen LogP contribution < -0.4 is 5.32 Å².